The fraction of sp³-hybridized carbons (Fsp3) is 0.0204. The third-order valence-electron chi connectivity index (χ3n) is 11.5. The molecule has 2 heterocycles. The molecule has 0 fully saturated rings. The highest BCUT2D eigenvalue weighted by molar-refractivity contribution is 7.85. The third-order valence-corrected chi connectivity index (χ3v) is 14.6. The van der Waals surface area contributed by atoms with Crippen LogP contribution in [0.4, 0.5) is 0 Å². The van der Waals surface area contributed by atoms with Crippen LogP contribution in [0, 0.1) is 0 Å². The van der Waals surface area contributed by atoms with Gasteiger partial charge in [-0.3, -0.25) is 0 Å². The highest BCUT2D eigenvalue weighted by Crippen LogP contribution is 2.61. The van der Waals surface area contributed by atoms with Gasteiger partial charge in [0, 0.05) is 26.7 Å². The minimum Gasteiger partial charge on any atom is -0.309 e. The van der Waals surface area contributed by atoms with Crippen LogP contribution in [0.3, 0.4) is 0 Å². The molecule has 2 nitrogen and oxygen atoms in total. The zero-order chi connectivity index (χ0) is 34.4. The minimum atomic E-state index is -3.08. The Bertz CT molecular complexity index is 2880. The SMILES string of the molecule is O=P(c1ccccc1)(c1ccccc1)c1ccc(-c2ccc3c(c2)C2(c4ccccc4-3)c3ccccc3-n3c4ccccc4c4cccc2c43)cc1. The van der Waals surface area contributed by atoms with Gasteiger partial charge in [0.25, 0.3) is 0 Å². The van der Waals surface area contributed by atoms with Crippen molar-refractivity contribution < 1.29 is 4.57 Å². The fourth-order valence-electron chi connectivity index (χ4n) is 9.33. The maximum atomic E-state index is 15.1. The van der Waals surface area contributed by atoms with Crippen molar-refractivity contribution in [3.05, 3.63) is 216 Å². The molecule has 0 radical (unpaired) electrons. The van der Waals surface area contributed by atoms with E-state index in [9.17, 15) is 0 Å². The van der Waals surface area contributed by atoms with Gasteiger partial charge >= 0.3 is 0 Å². The quantitative estimate of drug-likeness (QED) is 0.170. The molecular formula is C49H32NOP. The second-order valence-corrected chi connectivity index (χ2v) is 16.7. The zero-order valence-electron chi connectivity index (χ0n) is 28.3. The molecular weight excluding hydrogens is 650 g/mol. The van der Waals surface area contributed by atoms with Gasteiger partial charge in [0.1, 0.15) is 0 Å². The molecule has 1 aliphatic heterocycles. The largest absolute Gasteiger partial charge is 0.309 e. The van der Waals surface area contributed by atoms with Crippen LogP contribution in [0.15, 0.2) is 194 Å². The minimum absolute atomic E-state index is 0.501. The van der Waals surface area contributed by atoms with Gasteiger partial charge < -0.3 is 9.13 Å². The zero-order valence-corrected chi connectivity index (χ0v) is 29.2. The summed E-state index contributed by atoms with van der Waals surface area (Å²) in [5.41, 5.74) is 13.2. The number of para-hydroxylation sites is 3. The van der Waals surface area contributed by atoms with Crippen molar-refractivity contribution in [1.29, 1.82) is 0 Å². The lowest BCUT2D eigenvalue weighted by Crippen LogP contribution is -2.33. The summed E-state index contributed by atoms with van der Waals surface area (Å²) in [4.78, 5) is 0. The van der Waals surface area contributed by atoms with E-state index in [0.717, 1.165) is 27.0 Å². The van der Waals surface area contributed by atoms with Gasteiger partial charge in [-0.1, -0.05) is 176 Å². The second kappa shape index (κ2) is 10.9. The van der Waals surface area contributed by atoms with Crippen molar-refractivity contribution >= 4 is 44.9 Å². The van der Waals surface area contributed by atoms with E-state index < -0.39 is 12.6 Å². The van der Waals surface area contributed by atoms with Crippen molar-refractivity contribution in [3.63, 3.8) is 0 Å². The summed E-state index contributed by atoms with van der Waals surface area (Å²) >= 11 is 0. The van der Waals surface area contributed by atoms with E-state index in [2.05, 4.69) is 138 Å². The van der Waals surface area contributed by atoms with Crippen LogP contribution >= 0.6 is 7.14 Å². The molecule has 1 spiro atoms. The van der Waals surface area contributed by atoms with Gasteiger partial charge in [0.05, 0.1) is 22.1 Å². The highest BCUT2D eigenvalue weighted by atomic mass is 31.2. The van der Waals surface area contributed by atoms with Crippen molar-refractivity contribution in [2.75, 3.05) is 0 Å². The van der Waals surface area contributed by atoms with Crippen LogP contribution in [-0.2, 0) is 9.98 Å². The fourth-order valence-corrected chi connectivity index (χ4v) is 12.0. The molecule has 1 atom stereocenters. The summed E-state index contributed by atoms with van der Waals surface area (Å²) in [5.74, 6) is 0. The molecule has 52 heavy (non-hydrogen) atoms. The molecule has 244 valence electrons. The first-order valence-corrected chi connectivity index (χ1v) is 19.6. The van der Waals surface area contributed by atoms with Gasteiger partial charge in [-0.15, -0.1) is 0 Å². The Balaban J connectivity index is 1.15. The topological polar surface area (TPSA) is 22.0 Å². The van der Waals surface area contributed by atoms with Crippen molar-refractivity contribution in [2.45, 2.75) is 5.41 Å². The van der Waals surface area contributed by atoms with E-state index in [1.54, 1.807) is 0 Å². The number of aromatic nitrogens is 1. The molecule has 11 rings (SSSR count). The standard InChI is InChI=1S/C49H32NOP/c51-52(35-14-3-1-4-15-35,36-16-5-2-6-17-36)37-29-26-33(27-30-37)34-28-31-39-38-18-7-9-21-42(38)49(45(39)32-34)43-22-10-12-25-47(43)50-46-24-11-8-19-40(46)41-20-13-23-44(49)48(41)50/h1-32H. The Hall–Kier alpha value is -6.21. The molecule has 1 unspecified atom stereocenters. The van der Waals surface area contributed by atoms with Gasteiger partial charge in [-0.25, -0.2) is 0 Å². The third kappa shape index (κ3) is 3.77. The average Bonchev–Trinajstić information content (AvgIpc) is 3.72. The second-order valence-electron chi connectivity index (χ2n) is 14.0. The van der Waals surface area contributed by atoms with E-state index in [1.165, 1.54) is 60.9 Å². The molecule has 3 heteroatoms. The Morgan fingerprint density at radius 1 is 0.404 bits per heavy atom. The summed E-state index contributed by atoms with van der Waals surface area (Å²) in [7, 11) is -3.08. The number of fused-ring (bicyclic) bond motifs is 12. The van der Waals surface area contributed by atoms with Gasteiger partial charge in [0.2, 0.25) is 0 Å². The molecule has 2 aliphatic rings. The Labute approximate surface area is 302 Å². The summed E-state index contributed by atoms with van der Waals surface area (Å²) in [6.45, 7) is 0. The molecule has 0 N–H and O–H groups in total. The van der Waals surface area contributed by atoms with Gasteiger partial charge in [0.15, 0.2) is 7.14 Å². The monoisotopic (exact) mass is 681 g/mol. The molecule has 0 saturated heterocycles. The Morgan fingerprint density at radius 3 is 1.73 bits per heavy atom. The van der Waals surface area contributed by atoms with Crippen LogP contribution in [0.5, 0.6) is 0 Å². The number of hydrogen-bond acceptors (Lipinski definition) is 1. The summed E-state index contributed by atoms with van der Waals surface area (Å²) in [6, 6.07) is 68.9. The first-order chi connectivity index (χ1) is 25.7. The summed E-state index contributed by atoms with van der Waals surface area (Å²) in [5, 5.41) is 5.07. The first kappa shape index (κ1) is 29.5. The van der Waals surface area contributed by atoms with Crippen LogP contribution in [0.1, 0.15) is 22.3 Å². The number of rotatable bonds is 4. The predicted molar refractivity (Wildman–Crippen MR) is 216 cm³/mol. The van der Waals surface area contributed by atoms with E-state index in [4.69, 9.17) is 0 Å². The summed E-state index contributed by atoms with van der Waals surface area (Å²) in [6.07, 6.45) is 0. The smallest absolute Gasteiger partial charge is 0.171 e. The molecule has 8 aromatic carbocycles. The van der Waals surface area contributed by atoms with E-state index >= 15 is 4.57 Å². The van der Waals surface area contributed by atoms with Crippen LogP contribution < -0.4 is 15.9 Å². The normalized spacial score (nSPS) is 15.5. The van der Waals surface area contributed by atoms with Crippen molar-refractivity contribution in [1.82, 2.24) is 4.57 Å². The maximum Gasteiger partial charge on any atom is 0.171 e. The van der Waals surface area contributed by atoms with Gasteiger partial charge in [-0.2, -0.15) is 0 Å². The van der Waals surface area contributed by atoms with Crippen LogP contribution in [-0.4, -0.2) is 4.57 Å². The van der Waals surface area contributed by atoms with Crippen molar-refractivity contribution in [2.24, 2.45) is 0 Å². The molecule has 1 aromatic heterocycles. The lowest BCUT2D eigenvalue weighted by Gasteiger charge is -2.39. The predicted octanol–water partition coefficient (Wildman–Crippen LogP) is 10.8. The summed E-state index contributed by atoms with van der Waals surface area (Å²) < 4.78 is 17.6. The first-order valence-electron chi connectivity index (χ1n) is 17.9. The Kier molecular flexibility index (Phi) is 6.18. The maximum absolute atomic E-state index is 15.1. The average molecular weight is 682 g/mol. The van der Waals surface area contributed by atoms with Crippen molar-refractivity contribution in [3.8, 4) is 27.9 Å². The molecule has 0 saturated carbocycles. The lowest BCUT2D eigenvalue weighted by atomic mass is 9.65. The number of benzene rings is 8. The highest BCUT2D eigenvalue weighted by Gasteiger charge is 2.50. The molecule has 1 aliphatic carbocycles. The molecule has 9 aromatic rings. The van der Waals surface area contributed by atoms with Crippen LogP contribution in [0.2, 0.25) is 0 Å². The number of nitrogens with zero attached hydrogens (tertiary/aromatic N) is 1. The Morgan fingerprint density at radius 2 is 0.962 bits per heavy atom. The molecule has 0 bridgehead atoms. The molecule has 0 amide bonds. The number of hydrogen-bond donors (Lipinski definition) is 0. The van der Waals surface area contributed by atoms with E-state index in [0.29, 0.717) is 0 Å². The van der Waals surface area contributed by atoms with Crippen LogP contribution in [0.25, 0.3) is 49.7 Å². The van der Waals surface area contributed by atoms with E-state index in [-0.39, 0.29) is 0 Å². The lowest BCUT2D eigenvalue weighted by molar-refractivity contribution is 0.592. The van der Waals surface area contributed by atoms with E-state index in [1.807, 2.05) is 60.7 Å². The van der Waals surface area contributed by atoms with Gasteiger partial charge in [-0.05, 0) is 62.7 Å².